The quantitative estimate of drug-likeness (QED) is 0.884. The Morgan fingerprint density at radius 1 is 1.35 bits per heavy atom. The van der Waals surface area contributed by atoms with Crippen molar-refractivity contribution < 1.29 is 4.74 Å². The number of methoxy groups -OCH3 is 1. The Kier molecular flexibility index (Phi) is 4.12. The molecule has 0 aliphatic carbocycles. The molecule has 0 bridgehead atoms. The van der Waals surface area contributed by atoms with E-state index in [0.29, 0.717) is 12.5 Å². The molecule has 1 atom stereocenters. The molecule has 3 nitrogen and oxygen atoms in total. The van der Waals surface area contributed by atoms with Crippen LogP contribution < -0.4 is 10.5 Å². The number of hydrogen-bond acceptors (Lipinski definition) is 4. The molecule has 2 rings (SSSR count). The van der Waals surface area contributed by atoms with E-state index in [0.717, 1.165) is 17.2 Å². The number of rotatable bonds is 5. The number of ether oxygens (including phenoxy) is 1. The lowest BCUT2D eigenvalue weighted by molar-refractivity contribution is 0.414. The molecule has 90 valence electrons. The fourth-order valence-corrected chi connectivity index (χ4v) is 2.51. The number of hydrogen-bond donors (Lipinski definition) is 1. The minimum Gasteiger partial charge on any atom is -0.497 e. The smallest absolute Gasteiger partial charge is 0.118 e. The molecule has 2 aromatic rings. The van der Waals surface area contributed by atoms with Gasteiger partial charge in [-0.05, 0) is 24.1 Å². The zero-order chi connectivity index (χ0) is 12.1. The maximum absolute atomic E-state index is 5.81. The number of aromatic nitrogens is 1. The minimum absolute atomic E-state index is 0.309. The van der Waals surface area contributed by atoms with Crippen LogP contribution in [0.4, 0.5) is 0 Å². The summed E-state index contributed by atoms with van der Waals surface area (Å²) in [5.41, 5.74) is 7.07. The second-order valence-corrected chi connectivity index (χ2v) is 4.78. The monoisotopic (exact) mass is 248 g/mol. The first-order valence-electron chi connectivity index (χ1n) is 5.56. The van der Waals surface area contributed by atoms with Crippen molar-refractivity contribution in [3.63, 3.8) is 0 Å². The highest BCUT2D eigenvalue weighted by atomic mass is 32.1. The van der Waals surface area contributed by atoms with E-state index in [1.54, 1.807) is 18.4 Å². The molecule has 1 unspecified atom stereocenters. The molecule has 0 aliphatic rings. The Morgan fingerprint density at radius 2 is 2.12 bits per heavy atom. The van der Waals surface area contributed by atoms with Crippen LogP contribution in [0.15, 0.2) is 35.8 Å². The van der Waals surface area contributed by atoms with E-state index in [-0.39, 0.29) is 0 Å². The highest BCUT2D eigenvalue weighted by Gasteiger charge is 2.12. The van der Waals surface area contributed by atoms with Crippen molar-refractivity contribution in [2.45, 2.75) is 12.3 Å². The zero-order valence-electron chi connectivity index (χ0n) is 9.80. The first-order chi connectivity index (χ1) is 8.33. The number of thiazole rings is 1. The van der Waals surface area contributed by atoms with Crippen LogP contribution in [-0.4, -0.2) is 18.6 Å². The third-order valence-corrected chi connectivity index (χ3v) is 3.66. The van der Waals surface area contributed by atoms with E-state index in [4.69, 9.17) is 10.5 Å². The third-order valence-electron chi connectivity index (χ3n) is 2.73. The average molecular weight is 248 g/mol. The first kappa shape index (κ1) is 12.1. The van der Waals surface area contributed by atoms with Crippen LogP contribution in [0.25, 0.3) is 0 Å². The van der Waals surface area contributed by atoms with Crippen molar-refractivity contribution in [3.8, 4) is 5.75 Å². The van der Waals surface area contributed by atoms with Gasteiger partial charge in [-0.15, -0.1) is 11.3 Å². The van der Waals surface area contributed by atoms with Crippen LogP contribution in [0.1, 0.15) is 16.5 Å². The lowest BCUT2D eigenvalue weighted by Gasteiger charge is -2.12. The lowest BCUT2D eigenvalue weighted by atomic mass is 10.00. The molecular weight excluding hydrogens is 232 g/mol. The summed E-state index contributed by atoms with van der Waals surface area (Å²) >= 11 is 1.67. The molecule has 0 amide bonds. The van der Waals surface area contributed by atoms with Gasteiger partial charge in [0.25, 0.3) is 0 Å². The van der Waals surface area contributed by atoms with E-state index in [2.05, 4.69) is 17.1 Å². The highest BCUT2D eigenvalue weighted by molar-refractivity contribution is 7.09. The summed E-state index contributed by atoms with van der Waals surface area (Å²) in [6.07, 6.45) is 2.75. The van der Waals surface area contributed by atoms with Gasteiger partial charge in [-0.25, -0.2) is 4.98 Å². The Balaban J connectivity index is 2.07. The van der Waals surface area contributed by atoms with Gasteiger partial charge in [-0.2, -0.15) is 0 Å². The van der Waals surface area contributed by atoms with Gasteiger partial charge in [0.1, 0.15) is 5.75 Å². The minimum atomic E-state index is 0.309. The van der Waals surface area contributed by atoms with Gasteiger partial charge >= 0.3 is 0 Å². The number of benzene rings is 1. The van der Waals surface area contributed by atoms with Crippen LogP contribution in [-0.2, 0) is 6.42 Å². The third kappa shape index (κ3) is 3.05. The molecule has 0 aliphatic heterocycles. The molecule has 0 saturated carbocycles. The van der Waals surface area contributed by atoms with E-state index >= 15 is 0 Å². The van der Waals surface area contributed by atoms with Gasteiger partial charge in [-0.1, -0.05) is 12.1 Å². The molecule has 0 saturated heterocycles. The van der Waals surface area contributed by atoms with Gasteiger partial charge < -0.3 is 10.5 Å². The largest absolute Gasteiger partial charge is 0.497 e. The molecule has 1 heterocycles. The summed E-state index contributed by atoms with van der Waals surface area (Å²) in [5.74, 6) is 1.19. The van der Waals surface area contributed by atoms with Crippen LogP contribution in [0, 0.1) is 0 Å². The van der Waals surface area contributed by atoms with Crippen LogP contribution >= 0.6 is 11.3 Å². The van der Waals surface area contributed by atoms with Crippen LogP contribution in [0.3, 0.4) is 0 Å². The molecule has 4 heteroatoms. The van der Waals surface area contributed by atoms with Crippen molar-refractivity contribution in [1.82, 2.24) is 4.98 Å². The summed E-state index contributed by atoms with van der Waals surface area (Å²) in [4.78, 5) is 4.33. The second kappa shape index (κ2) is 5.80. The van der Waals surface area contributed by atoms with Gasteiger partial charge in [0.15, 0.2) is 0 Å². The van der Waals surface area contributed by atoms with Gasteiger partial charge in [0.05, 0.1) is 12.1 Å². The molecule has 17 heavy (non-hydrogen) atoms. The fraction of sp³-hybridized carbons (Fsp3) is 0.308. The van der Waals surface area contributed by atoms with Crippen molar-refractivity contribution >= 4 is 11.3 Å². The second-order valence-electron chi connectivity index (χ2n) is 3.86. The molecule has 0 fully saturated rings. The summed E-state index contributed by atoms with van der Waals surface area (Å²) in [6.45, 7) is 0.625. The molecule has 0 spiro atoms. The molecule has 0 radical (unpaired) electrons. The summed E-state index contributed by atoms with van der Waals surface area (Å²) < 4.78 is 5.14. The zero-order valence-corrected chi connectivity index (χ0v) is 10.6. The first-order valence-corrected chi connectivity index (χ1v) is 6.44. The normalized spacial score (nSPS) is 12.4. The number of nitrogens with zero attached hydrogens (tertiary/aromatic N) is 1. The maximum Gasteiger partial charge on any atom is 0.118 e. The predicted octanol–water partition coefficient (Wildman–Crippen LogP) is 2.44. The van der Waals surface area contributed by atoms with Crippen molar-refractivity contribution in [2.24, 2.45) is 5.73 Å². The highest BCUT2D eigenvalue weighted by Crippen LogP contribution is 2.22. The van der Waals surface area contributed by atoms with Crippen LogP contribution in [0.2, 0.25) is 0 Å². The Hall–Kier alpha value is -1.39. The topological polar surface area (TPSA) is 48.1 Å². The van der Waals surface area contributed by atoms with Crippen LogP contribution in [0.5, 0.6) is 5.75 Å². The molecular formula is C13H16N2OS. The van der Waals surface area contributed by atoms with E-state index in [1.807, 2.05) is 23.7 Å². The Labute approximate surface area is 105 Å². The van der Waals surface area contributed by atoms with Gasteiger partial charge in [0, 0.05) is 24.0 Å². The van der Waals surface area contributed by atoms with Crippen molar-refractivity contribution in [2.75, 3.05) is 13.7 Å². The summed E-state index contributed by atoms with van der Waals surface area (Å²) in [5, 5.41) is 3.11. The van der Waals surface area contributed by atoms with E-state index in [1.165, 1.54) is 5.56 Å². The van der Waals surface area contributed by atoms with Gasteiger partial charge in [-0.3, -0.25) is 0 Å². The van der Waals surface area contributed by atoms with Gasteiger partial charge in [0.2, 0.25) is 0 Å². The SMILES string of the molecule is COc1ccc(CC(CN)c2nccs2)cc1. The molecule has 1 aromatic heterocycles. The molecule has 2 N–H and O–H groups in total. The Bertz CT molecular complexity index is 439. The maximum atomic E-state index is 5.81. The van der Waals surface area contributed by atoms with E-state index < -0.39 is 0 Å². The standard InChI is InChI=1S/C13H16N2OS/c1-16-12-4-2-10(3-5-12)8-11(9-14)13-15-6-7-17-13/h2-7,11H,8-9,14H2,1H3. The fourth-order valence-electron chi connectivity index (χ4n) is 1.75. The van der Waals surface area contributed by atoms with Crippen molar-refractivity contribution in [1.29, 1.82) is 0 Å². The van der Waals surface area contributed by atoms with Crippen molar-refractivity contribution in [3.05, 3.63) is 46.4 Å². The van der Waals surface area contributed by atoms with E-state index in [9.17, 15) is 0 Å². The lowest BCUT2D eigenvalue weighted by Crippen LogP contribution is -2.14. The number of nitrogens with two attached hydrogens (primary N) is 1. The summed E-state index contributed by atoms with van der Waals surface area (Å²) in [7, 11) is 1.67. The molecule has 1 aromatic carbocycles. The summed E-state index contributed by atoms with van der Waals surface area (Å²) in [6, 6.07) is 8.11. The average Bonchev–Trinajstić information content (AvgIpc) is 2.90. The predicted molar refractivity (Wildman–Crippen MR) is 70.6 cm³/mol. The Morgan fingerprint density at radius 3 is 2.65 bits per heavy atom.